The van der Waals surface area contributed by atoms with E-state index in [1.54, 1.807) is 24.3 Å². The van der Waals surface area contributed by atoms with Crippen molar-refractivity contribution in [2.45, 2.75) is 12.2 Å². The molecule has 0 aliphatic rings. The predicted octanol–water partition coefficient (Wildman–Crippen LogP) is 2.15. The van der Waals surface area contributed by atoms with E-state index in [1.165, 1.54) is 7.11 Å². The van der Waals surface area contributed by atoms with Gasteiger partial charge in [0.25, 0.3) is 0 Å². The average Bonchev–Trinajstić information content (AvgIpc) is 2.87. The fourth-order valence-corrected chi connectivity index (χ4v) is 1.44. The van der Waals surface area contributed by atoms with Crippen molar-refractivity contribution >= 4 is 0 Å². The van der Waals surface area contributed by atoms with Crippen LogP contribution in [-0.2, 0) is 6.18 Å². The predicted molar refractivity (Wildman–Crippen MR) is 58.3 cm³/mol. The number of halogens is 3. The molecule has 1 aromatic carbocycles. The molecule has 0 aliphatic heterocycles. The molecule has 8 heteroatoms. The van der Waals surface area contributed by atoms with Gasteiger partial charge in [-0.3, -0.25) is 0 Å². The van der Waals surface area contributed by atoms with Crippen LogP contribution in [0.4, 0.5) is 13.2 Å². The van der Waals surface area contributed by atoms with Gasteiger partial charge < -0.3 is 15.0 Å². The number of methoxy groups -OCH3 is 1. The van der Waals surface area contributed by atoms with Crippen molar-refractivity contribution < 1.29 is 22.4 Å². The highest BCUT2D eigenvalue weighted by atomic mass is 19.4. The van der Waals surface area contributed by atoms with E-state index in [2.05, 4.69) is 14.7 Å². The van der Waals surface area contributed by atoms with Gasteiger partial charge in [-0.15, -0.1) is 0 Å². The Hall–Kier alpha value is -2.09. The van der Waals surface area contributed by atoms with Crippen LogP contribution >= 0.6 is 0 Å². The molecule has 0 bridgehead atoms. The molecule has 0 radical (unpaired) electrons. The quantitative estimate of drug-likeness (QED) is 0.927. The zero-order valence-corrected chi connectivity index (χ0v) is 9.81. The molecule has 102 valence electrons. The van der Waals surface area contributed by atoms with Crippen molar-refractivity contribution in [3.63, 3.8) is 0 Å². The largest absolute Gasteiger partial charge is 0.497 e. The zero-order chi connectivity index (χ0) is 14.0. The summed E-state index contributed by atoms with van der Waals surface area (Å²) < 4.78 is 46.0. The maximum atomic E-state index is 12.3. The molecule has 2 N–H and O–H groups in total. The van der Waals surface area contributed by atoms with E-state index in [-0.39, 0.29) is 5.82 Å². The number of hydrogen-bond acceptors (Lipinski definition) is 5. The number of hydrogen-bond donors (Lipinski definition) is 1. The van der Waals surface area contributed by atoms with Crippen LogP contribution in [0.3, 0.4) is 0 Å². The smallest absolute Gasteiger partial charge is 0.471 e. The van der Waals surface area contributed by atoms with E-state index in [9.17, 15) is 13.2 Å². The Morgan fingerprint density at radius 2 is 1.89 bits per heavy atom. The molecule has 1 unspecified atom stereocenters. The Morgan fingerprint density at radius 3 is 2.37 bits per heavy atom. The molecule has 0 amide bonds. The van der Waals surface area contributed by atoms with Gasteiger partial charge >= 0.3 is 12.1 Å². The van der Waals surface area contributed by atoms with Crippen LogP contribution in [0.2, 0.25) is 0 Å². The van der Waals surface area contributed by atoms with Gasteiger partial charge in [-0.25, -0.2) is 0 Å². The SMILES string of the molecule is COc1ccc(C(N)c2noc(C(F)(F)F)n2)cc1. The first-order chi connectivity index (χ1) is 8.91. The van der Waals surface area contributed by atoms with Crippen molar-refractivity contribution in [3.05, 3.63) is 41.5 Å². The van der Waals surface area contributed by atoms with Gasteiger partial charge in [-0.1, -0.05) is 17.3 Å². The van der Waals surface area contributed by atoms with Crippen LogP contribution in [0, 0.1) is 0 Å². The number of ether oxygens (including phenoxy) is 1. The van der Waals surface area contributed by atoms with Gasteiger partial charge in [-0.05, 0) is 17.7 Å². The lowest BCUT2D eigenvalue weighted by Crippen LogP contribution is -2.14. The summed E-state index contributed by atoms with van der Waals surface area (Å²) in [6.07, 6.45) is -4.68. The molecular weight excluding hydrogens is 263 g/mol. The third kappa shape index (κ3) is 2.84. The van der Waals surface area contributed by atoms with Crippen LogP contribution in [0.15, 0.2) is 28.8 Å². The normalized spacial score (nSPS) is 13.3. The average molecular weight is 273 g/mol. The second-order valence-corrected chi connectivity index (χ2v) is 3.71. The highest BCUT2D eigenvalue weighted by Crippen LogP contribution is 2.29. The van der Waals surface area contributed by atoms with Crippen molar-refractivity contribution in [1.29, 1.82) is 0 Å². The minimum Gasteiger partial charge on any atom is -0.497 e. The Balaban J connectivity index is 2.23. The number of nitrogens with two attached hydrogens (primary N) is 1. The van der Waals surface area contributed by atoms with Crippen LogP contribution in [0.5, 0.6) is 5.75 Å². The number of benzene rings is 1. The molecule has 2 rings (SSSR count). The van der Waals surface area contributed by atoms with E-state index in [0.717, 1.165) is 0 Å². The molecule has 0 saturated heterocycles. The van der Waals surface area contributed by atoms with E-state index in [4.69, 9.17) is 10.5 Å². The monoisotopic (exact) mass is 273 g/mol. The highest BCUT2D eigenvalue weighted by molar-refractivity contribution is 5.31. The standard InChI is InChI=1S/C11H10F3N3O2/c1-18-7-4-2-6(3-5-7)8(15)9-16-10(19-17-9)11(12,13)14/h2-5,8H,15H2,1H3. The van der Waals surface area contributed by atoms with Crippen LogP contribution in [0.1, 0.15) is 23.3 Å². The molecule has 0 aliphatic carbocycles. The first-order valence-electron chi connectivity index (χ1n) is 5.22. The molecule has 1 heterocycles. The zero-order valence-electron chi connectivity index (χ0n) is 9.81. The van der Waals surface area contributed by atoms with E-state index in [1.807, 2.05) is 0 Å². The number of rotatable bonds is 3. The second-order valence-electron chi connectivity index (χ2n) is 3.71. The lowest BCUT2D eigenvalue weighted by Gasteiger charge is -2.08. The molecule has 1 aromatic heterocycles. The van der Waals surface area contributed by atoms with Gasteiger partial charge in [0.2, 0.25) is 0 Å². The van der Waals surface area contributed by atoms with Gasteiger partial charge in [0.15, 0.2) is 5.82 Å². The van der Waals surface area contributed by atoms with Gasteiger partial charge in [0.1, 0.15) is 5.75 Å². The minimum atomic E-state index is -4.68. The highest BCUT2D eigenvalue weighted by Gasteiger charge is 2.39. The van der Waals surface area contributed by atoms with Crippen molar-refractivity contribution in [1.82, 2.24) is 10.1 Å². The fourth-order valence-electron chi connectivity index (χ4n) is 1.44. The molecule has 1 atom stereocenters. The molecule has 5 nitrogen and oxygen atoms in total. The summed E-state index contributed by atoms with van der Waals surface area (Å²) in [6.45, 7) is 0. The summed E-state index contributed by atoms with van der Waals surface area (Å²) in [5.41, 5.74) is 6.32. The molecule has 0 fully saturated rings. The van der Waals surface area contributed by atoms with Crippen LogP contribution in [0.25, 0.3) is 0 Å². The summed E-state index contributed by atoms with van der Waals surface area (Å²) >= 11 is 0. The summed E-state index contributed by atoms with van der Waals surface area (Å²) in [5, 5.41) is 3.24. The maximum Gasteiger partial charge on any atom is 0.471 e. The van der Waals surface area contributed by atoms with Crippen molar-refractivity contribution in [2.75, 3.05) is 7.11 Å². The van der Waals surface area contributed by atoms with Gasteiger partial charge in [0.05, 0.1) is 13.2 Å². The molecule has 0 saturated carbocycles. The molecule has 19 heavy (non-hydrogen) atoms. The minimum absolute atomic E-state index is 0.225. The van der Waals surface area contributed by atoms with Gasteiger partial charge in [-0.2, -0.15) is 18.2 Å². The summed E-state index contributed by atoms with van der Waals surface area (Å²) in [6, 6.07) is 5.62. The molecule has 0 spiro atoms. The first-order valence-corrected chi connectivity index (χ1v) is 5.22. The Bertz CT molecular complexity index is 551. The van der Waals surface area contributed by atoms with Crippen molar-refractivity contribution in [3.8, 4) is 5.75 Å². The van der Waals surface area contributed by atoms with E-state index in [0.29, 0.717) is 11.3 Å². The van der Waals surface area contributed by atoms with Crippen LogP contribution in [-0.4, -0.2) is 17.3 Å². The molecule has 2 aromatic rings. The third-order valence-electron chi connectivity index (χ3n) is 2.44. The topological polar surface area (TPSA) is 74.2 Å². The Labute approximate surface area is 106 Å². The second kappa shape index (κ2) is 4.88. The number of nitrogens with zero attached hydrogens (tertiary/aromatic N) is 2. The Kier molecular flexibility index (Phi) is 3.43. The third-order valence-corrected chi connectivity index (χ3v) is 2.44. The number of alkyl halides is 3. The summed E-state index contributed by atoms with van der Waals surface area (Å²) in [4.78, 5) is 3.24. The molecular formula is C11H10F3N3O2. The maximum absolute atomic E-state index is 12.3. The Morgan fingerprint density at radius 1 is 1.26 bits per heavy atom. The van der Waals surface area contributed by atoms with E-state index < -0.39 is 18.1 Å². The van der Waals surface area contributed by atoms with Crippen LogP contribution < -0.4 is 10.5 Å². The first kappa shape index (κ1) is 13.3. The van der Waals surface area contributed by atoms with E-state index >= 15 is 0 Å². The lowest BCUT2D eigenvalue weighted by molar-refractivity contribution is -0.159. The summed E-state index contributed by atoms with van der Waals surface area (Å²) in [5.74, 6) is -1.02. The lowest BCUT2D eigenvalue weighted by atomic mass is 10.1. The van der Waals surface area contributed by atoms with Gasteiger partial charge in [0, 0.05) is 0 Å². The van der Waals surface area contributed by atoms with Crippen molar-refractivity contribution in [2.24, 2.45) is 5.73 Å². The fraction of sp³-hybridized carbons (Fsp3) is 0.273. The summed E-state index contributed by atoms with van der Waals surface area (Å²) in [7, 11) is 1.50. The number of aromatic nitrogens is 2.